The molecule has 12 atom stereocenters. The topological polar surface area (TPSA) is 86.7 Å². The predicted molar refractivity (Wildman–Crippen MR) is 213 cm³/mol. The Bertz CT molecular complexity index is 1600. The van der Waals surface area contributed by atoms with Crippen molar-refractivity contribution in [2.24, 2.45) is 62.6 Å². The van der Waals surface area contributed by atoms with Crippen molar-refractivity contribution >= 4 is 15.8 Å². The highest BCUT2D eigenvalue weighted by Crippen LogP contribution is 2.76. The van der Waals surface area contributed by atoms with E-state index in [4.69, 9.17) is 0 Å². The van der Waals surface area contributed by atoms with E-state index in [0.717, 1.165) is 25.4 Å². The largest absolute Gasteiger partial charge is 0.481 e. The van der Waals surface area contributed by atoms with E-state index in [1.807, 2.05) is 13.8 Å². The summed E-state index contributed by atoms with van der Waals surface area (Å²) in [7, 11) is -3.02. The second kappa shape index (κ2) is 13.4. The Hall–Kier alpha value is -1.25. The predicted octanol–water partition coefficient (Wildman–Crippen LogP) is 9.26. The molecule has 0 aromatic heterocycles. The molecule has 1 saturated heterocycles. The molecule has 1 aliphatic heterocycles. The van der Waals surface area contributed by atoms with Crippen LogP contribution >= 0.6 is 0 Å². The molecule has 1 heterocycles. The molecule has 53 heavy (non-hydrogen) atoms. The second-order valence-electron chi connectivity index (χ2n) is 21.4. The molecular weight excluding hydrogens is 684 g/mol. The minimum absolute atomic E-state index is 0.00911. The first-order valence-corrected chi connectivity index (χ1v) is 23.2. The maximum absolute atomic E-state index is 14.0. The molecule has 0 aromatic rings. The van der Waals surface area contributed by atoms with E-state index in [1.165, 1.54) is 62.5 Å². The zero-order valence-electron chi connectivity index (χ0n) is 34.7. The molecular formula is C45H73FN2O4S. The van der Waals surface area contributed by atoms with E-state index in [2.05, 4.69) is 70.8 Å². The van der Waals surface area contributed by atoms with Crippen molar-refractivity contribution in [3.05, 3.63) is 23.3 Å². The smallest absolute Gasteiger partial charge is 0.312 e. The van der Waals surface area contributed by atoms with Crippen LogP contribution in [0.15, 0.2) is 23.3 Å². The molecule has 0 amide bonds. The van der Waals surface area contributed by atoms with Gasteiger partial charge < -0.3 is 10.4 Å². The number of nitrogens with zero attached hydrogens (tertiary/aromatic N) is 1. The van der Waals surface area contributed by atoms with Crippen LogP contribution in [-0.4, -0.2) is 73.3 Å². The summed E-state index contributed by atoms with van der Waals surface area (Å²) in [5.41, 5.74) is 2.38. The lowest BCUT2D eigenvalue weighted by atomic mass is 9.32. The maximum atomic E-state index is 14.0. The normalized spacial score (nSPS) is 47.8. The van der Waals surface area contributed by atoms with Gasteiger partial charge >= 0.3 is 5.97 Å². The van der Waals surface area contributed by atoms with Crippen LogP contribution in [0.25, 0.3) is 0 Å². The summed E-state index contributed by atoms with van der Waals surface area (Å²) < 4.78 is 39.4. The fourth-order valence-electron chi connectivity index (χ4n) is 15.4. The van der Waals surface area contributed by atoms with Gasteiger partial charge in [-0.2, -0.15) is 0 Å². The summed E-state index contributed by atoms with van der Waals surface area (Å²) in [4.78, 5) is 14.4. The molecule has 300 valence electrons. The van der Waals surface area contributed by atoms with Gasteiger partial charge in [-0.3, -0.25) is 9.69 Å². The van der Waals surface area contributed by atoms with Gasteiger partial charge in [0.15, 0.2) is 9.84 Å². The number of hydrogen-bond donors (Lipinski definition) is 2. The Labute approximate surface area is 321 Å². The lowest BCUT2D eigenvalue weighted by Gasteiger charge is -2.72. The Kier molecular flexibility index (Phi) is 10.1. The van der Waals surface area contributed by atoms with Crippen molar-refractivity contribution < 1.29 is 22.7 Å². The van der Waals surface area contributed by atoms with Crippen molar-refractivity contribution in [1.29, 1.82) is 0 Å². The van der Waals surface area contributed by atoms with E-state index in [0.29, 0.717) is 61.9 Å². The van der Waals surface area contributed by atoms with Crippen molar-refractivity contribution in [2.45, 2.75) is 155 Å². The molecule has 7 aliphatic rings. The fourth-order valence-corrected chi connectivity index (χ4v) is 17.0. The highest BCUT2D eigenvalue weighted by atomic mass is 32.2. The molecule has 6 aliphatic carbocycles. The molecule has 2 N–H and O–H groups in total. The number of hydrogen-bond acceptors (Lipinski definition) is 5. The number of aliphatic carboxylic acids is 1. The third kappa shape index (κ3) is 5.84. The van der Waals surface area contributed by atoms with E-state index in [-0.39, 0.29) is 37.7 Å². The van der Waals surface area contributed by atoms with Crippen molar-refractivity contribution in [3.8, 4) is 0 Å². The number of carboxylic acid groups (broad SMARTS) is 1. The number of carboxylic acids is 1. The average molecular weight is 757 g/mol. The average Bonchev–Trinajstić information content (AvgIpc) is 3.47. The van der Waals surface area contributed by atoms with Gasteiger partial charge in [-0.15, -0.1) is 0 Å². The lowest BCUT2D eigenvalue weighted by molar-refractivity contribution is -0.223. The van der Waals surface area contributed by atoms with Gasteiger partial charge in [0.1, 0.15) is 6.67 Å². The lowest BCUT2D eigenvalue weighted by Crippen LogP contribution is -2.68. The minimum atomic E-state index is -3.02. The molecule has 2 unspecified atom stereocenters. The number of halogens is 1. The van der Waals surface area contributed by atoms with Crippen molar-refractivity contribution in [2.75, 3.05) is 32.9 Å². The van der Waals surface area contributed by atoms with Gasteiger partial charge in [0, 0.05) is 31.7 Å². The van der Waals surface area contributed by atoms with E-state index in [9.17, 15) is 22.7 Å². The Morgan fingerprint density at radius 2 is 1.60 bits per heavy atom. The van der Waals surface area contributed by atoms with Gasteiger partial charge in [-0.05, 0) is 159 Å². The second-order valence-corrected chi connectivity index (χ2v) is 24.2. The number of sulfone groups is 1. The zero-order chi connectivity index (χ0) is 38.6. The van der Waals surface area contributed by atoms with Gasteiger partial charge in [0.25, 0.3) is 0 Å². The number of nitrogens with one attached hydrogen (secondary N) is 1. The molecule has 7 rings (SSSR count). The molecule has 0 radical (unpaired) electrons. The third-order valence-corrected chi connectivity index (χ3v) is 21.2. The molecule has 6 nitrogen and oxygen atoms in total. The number of rotatable bonds is 8. The minimum Gasteiger partial charge on any atom is -0.481 e. The van der Waals surface area contributed by atoms with Crippen LogP contribution in [0.3, 0.4) is 0 Å². The van der Waals surface area contributed by atoms with E-state index < -0.39 is 27.9 Å². The molecule has 0 bridgehead atoms. The van der Waals surface area contributed by atoms with E-state index in [1.54, 1.807) is 0 Å². The molecule has 8 heteroatoms. The van der Waals surface area contributed by atoms with Crippen molar-refractivity contribution in [1.82, 2.24) is 10.2 Å². The number of alkyl halides is 1. The van der Waals surface area contributed by atoms with Gasteiger partial charge in [-0.1, -0.05) is 60.6 Å². The van der Waals surface area contributed by atoms with Crippen LogP contribution in [0.4, 0.5) is 4.39 Å². The van der Waals surface area contributed by atoms with Gasteiger partial charge in [0.05, 0.1) is 15.9 Å². The number of allylic oxidation sites excluding steroid dienone is 4. The van der Waals surface area contributed by atoms with Crippen LogP contribution in [0.5, 0.6) is 0 Å². The Morgan fingerprint density at radius 1 is 0.906 bits per heavy atom. The fraction of sp³-hybridized carbons (Fsp3) is 0.889. The summed E-state index contributed by atoms with van der Waals surface area (Å²) in [5, 5.41) is 13.5. The Balaban J connectivity index is 1.12. The molecule has 0 aromatic carbocycles. The first-order valence-electron chi connectivity index (χ1n) is 21.6. The molecule has 4 saturated carbocycles. The quantitative estimate of drug-likeness (QED) is 0.257. The Morgan fingerprint density at radius 3 is 2.21 bits per heavy atom. The molecule has 5 fully saturated rings. The number of carbonyl (C=O) groups is 1. The number of fused-ring (bicyclic) bond motifs is 7. The third-order valence-electron chi connectivity index (χ3n) is 18.6. The zero-order valence-corrected chi connectivity index (χ0v) is 35.5. The summed E-state index contributed by atoms with van der Waals surface area (Å²) in [6.45, 7) is 24.1. The maximum Gasteiger partial charge on any atom is 0.312 e. The highest BCUT2D eigenvalue weighted by Gasteiger charge is 2.70. The summed E-state index contributed by atoms with van der Waals surface area (Å²) >= 11 is 0. The van der Waals surface area contributed by atoms with E-state index >= 15 is 0 Å². The summed E-state index contributed by atoms with van der Waals surface area (Å²) in [6.07, 6.45) is 17.3. The first kappa shape index (κ1) is 40.0. The molecule has 0 spiro atoms. The SMILES string of the molecule is CC(C)[C@@H]1CC[C@]2(NCCN3CC(C)S(=O)(=O)C(C)C3)CC[C@]3(C)[C@H](CC[C@@H]4[C@@]5(C)CC=C(C6=CC[C@](CF)(C(=O)O)CC6)C(C)(C)[C@@H]5CC[C@]43C)[C@@H]12. The van der Waals surface area contributed by atoms with Crippen LogP contribution in [-0.2, 0) is 14.6 Å². The van der Waals surface area contributed by atoms with Crippen LogP contribution in [0.2, 0.25) is 0 Å². The van der Waals surface area contributed by atoms with Crippen LogP contribution in [0.1, 0.15) is 139 Å². The highest BCUT2D eigenvalue weighted by molar-refractivity contribution is 7.92. The standard InChI is InChI=1S/C45H73FN2O4S/c1-29(2)33-14-21-45(47-24-25-48-26-30(3)53(51,52)31(4)27-48)23-22-42(8)35(38(33)45)10-11-37-41(7)17-15-34(40(5,6)36(41)16-18-43(37,42)9)32-12-19-44(28-46,20-13-32)39(49)50/h12,15,29-31,33,35-38,47H,10-11,13-14,16-28H2,1-9H3,(H,49,50)/t30?,31?,33-,35+,36-,37+,38+,41-,42+,43+,44-,45-/m0/s1. The monoisotopic (exact) mass is 757 g/mol. The van der Waals surface area contributed by atoms with Gasteiger partial charge in [-0.25, -0.2) is 12.8 Å². The van der Waals surface area contributed by atoms with Crippen LogP contribution in [0, 0.1) is 62.6 Å². The van der Waals surface area contributed by atoms with Crippen molar-refractivity contribution in [3.63, 3.8) is 0 Å². The van der Waals surface area contributed by atoms with Crippen LogP contribution < -0.4 is 5.32 Å². The summed E-state index contributed by atoms with van der Waals surface area (Å²) in [5.74, 6) is 3.03. The first-order chi connectivity index (χ1) is 24.7. The summed E-state index contributed by atoms with van der Waals surface area (Å²) in [6, 6.07) is 0. The van der Waals surface area contributed by atoms with Gasteiger partial charge in [0.2, 0.25) is 0 Å².